The van der Waals surface area contributed by atoms with Gasteiger partial charge in [-0.15, -0.1) is 0 Å². The number of nitrogens with zero attached hydrogens (tertiary/aromatic N) is 1. The summed E-state index contributed by atoms with van der Waals surface area (Å²) < 4.78 is 0. The molecule has 1 rings (SSSR count). The van der Waals surface area contributed by atoms with Crippen LogP contribution in [0.4, 0.5) is 0 Å². The number of nitrogens with two attached hydrogens (primary N) is 1. The van der Waals surface area contributed by atoms with E-state index in [9.17, 15) is 0 Å². The molecule has 0 unspecified atom stereocenters. The maximum absolute atomic E-state index is 5.58. The summed E-state index contributed by atoms with van der Waals surface area (Å²) in [5.41, 5.74) is 0. The van der Waals surface area contributed by atoms with Gasteiger partial charge in [0.2, 0.25) is 0 Å². The fourth-order valence-corrected chi connectivity index (χ4v) is 0.913. The van der Waals surface area contributed by atoms with Crippen LogP contribution in [0.25, 0.3) is 0 Å². The van der Waals surface area contributed by atoms with Crippen molar-refractivity contribution in [2.75, 3.05) is 0 Å². The molecule has 54 valence electrons. The van der Waals surface area contributed by atoms with Crippen LogP contribution in [0.2, 0.25) is 10.0 Å². The van der Waals surface area contributed by atoms with Crippen molar-refractivity contribution in [3.8, 4) is 5.88 Å². The average molecular weight is 179 g/mol. The summed E-state index contributed by atoms with van der Waals surface area (Å²) in [6.07, 6.45) is 1.40. The topological polar surface area (TPSA) is 48.1 Å². The van der Waals surface area contributed by atoms with Crippen LogP contribution in [-0.2, 0) is 0 Å². The lowest BCUT2D eigenvalue weighted by molar-refractivity contribution is 0.321. The molecule has 1 aromatic heterocycles. The van der Waals surface area contributed by atoms with Crippen LogP contribution in [0.1, 0.15) is 0 Å². The summed E-state index contributed by atoms with van der Waals surface area (Å²) in [5.74, 6) is 4.98. The third-order valence-corrected chi connectivity index (χ3v) is 1.36. The van der Waals surface area contributed by atoms with Crippen molar-refractivity contribution in [1.29, 1.82) is 0 Å². The van der Waals surface area contributed by atoms with Crippen molar-refractivity contribution in [2.24, 2.45) is 5.90 Å². The van der Waals surface area contributed by atoms with Crippen molar-refractivity contribution < 1.29 is 4.84 Å². The molecule has 0 saturated carbocycles. The molecule has 0 aliphatic heterocycles. The SMILES string of the molecule is NOc1ncc(Cl)cc1Cl. The van der Waals surface area contributed by atoms with Gasteiger partial charge in [-0.2, -0.15) is 5.90 Å². The van der Waals surface area contributed by atoms with Gasteiger partial charge in [0.15, 0.2) is 0 Å². The number of halogens is 2. The molecule has 3 nitrogen and oxygen atoms in total. The zero-order chi connectivity index (χ0) is 7.56. The van der Waals surface area contributed by atoms with Crippen LogP contribution in [0, 0.1) is 0 Å². The first-order chi connectivity index (χ1) is 4.74. The van der Waals surface area contributed by atoms with Gasteiger partial charge in [-0.05, 0) is 6.07 Å². The Morgan fingerprint density at radius 3 is 2.70 bits per heavy atom. The molecule has 10 heavy (non-hydrogen) atoms. The number of hydrogen-bond acceptors (Lipinski definition) is 3. The van der Waals surface area contributed by atoms with Gasteiger partial charge in [0.25, 0.3) is 5.88 Å². The highest BCUT2D eigenvalue weighted by molar-refractivity contribution is 6.35. The molecular formula is C5H4Cl2N2O. The summed E-state index contributed by atoms with van der Waals surface area (Å²) in [6, 6.07) is 1.50. The van der Waals surface area contributed by atoms with Crippen molar-refractivity contribution in [3.05, 3.63) is 22.3 Å². The van der Waals surface area contributed by atoms with Crippen molar-refractivity contribution >= 4 is 23.2 Å². The molecule has 0 atom stereocenters. The minimum absolute atomic E-state index is 0.172. The first kappa shape index (κ1) is 7.60. The highest BCUT2D eigenvalue weighted by Crippen LogP contribution is 2.23. The van der Waals surface area contributed by atoms with Gasteiger partial charge in [0.05, 0.1) is 5.02 Å². The van der Waals surface area contributed by atoms with Crippen LogP contribution in [0.3, 0.4) is 0 Å². The Kier molecular flexibility index (Phi) is 2.32. The molecule has 2 N–H and O–H groups in total. The Hall–Kier alpha value is -0.510. The van der Waals surface area contributed by atoms with E-state index in [2.05, 4.69) is 9.82 Å². The third-order valence-electron chi connectivity index (χ3n) is 0.886. The molecule has 1 aromatic rings. The van der Waals surface area contributed by atoms with Gasteiger partial charge in [-0.3, -0.25) is 0 Å². The molecular weight excluding hydrogens is 175 g/mol. The van der Waals surface area contributed by atoms with E-state index in [1.54, 1.807) is 0 Å². The van der Waals surface area contributed by atoms with E-state index in [1.165, 1.54) is 12.3 Å². The lowest BCUT2D eigenvalue weighted by Crippen LogP contribution is -2.03. The lowest BCUT2D eigenvalue weighted by atomic mass is 10.5. The number of pyridine rings is 1. The lowest BCUT2D eigenvalue weighted by Gasteiger charge is -1.98. The van der Waals surface area contributed by atoms with Crippen LogP contribution in [-0.4, -0.2) is 4.98 Å². The molecule has 5 heteroatoms. The van der Waals surface area contributed by atoms with Crippen molar-refractivity contribution in [1.82, 2.24) is 4.98 Å². The van der Waals surface area contributed by atoms with Gasteiger partial charge in [-0.25, -0.2) is 4.98 Å². The number of rotatable bonds is 1. The molecule has 0 aromatic carbocycles. The van der Waals surface area contributed by atoms with Crippen molar-refractivity contribution in [2.45, 2.75) is 0 Å². The molecule has 1 heterocycles. The van der Waals surface area contributed by atoms with Crippen LogP contribution >= 0.6 is 23.2 Å². The van der Waals surface area contributed by atoms with Gasteiger partial charge in [0.1, 0.15) is 5.02 Å². The molecule has 0 aliphatic carbocycles. The van der Waals surface area contributed by atoms with E-state index in [0.29, 0.717) is 10.0 Å². The summed E-state index contributed by atoms with van der Waals surface area (Å²) >= 11 is 11.1. The summed E-state index contributed by atoms with van der Waals surface area (Å²) in [6.45, 7) is 0. The van der Waals surface area contributed by atoms with Gasteiger partial charge >= 0.3 is 0 Å². The zero-order valence-electron chi connectivity index (χ0n) is 4.84. The second-order valence-electron chi connectivity index (χ2n) is 1.56. The summed E-state index contributed by atoms with van der Waals surface area (Å²) in [4.78, 5) is 7.98. The smallest absolute Gasteiger partial charge is 0.256 e. The normalized spacial score (nSPS) is 9.50. The van der Waals surface area contributed by atoms with E-state index in [0.717, 1.165) is 0 Å². The fourth-order valence-electron chi connectivity index (χ4n) is 0.489. The van der Waals surface area contributed by atoms with E-state index in [-0.39, 0.29) is 5.88 Å². The number of hydrogen-bond donors (Lipinski definition) is 1. The molecule has 0 spiro atoms. The van der Waals surface area contributed by atoms with Crippen molar-refractivity contribution in [3.63, 3.8) is 0 Å². The van der Waals surface area contributed by atoms with Crippen LogP contribution < -0.4 is 10.7 Å². The highest BCUT2D eigenvalue weighted by Gasteiger charge is 2.01. The van der Waals surface area contributed by atoms with E-state index in [4.69, 9.17) is 29.1 Å². The second-order valence-corrected chi connectivity index (χ2v) is 2.40. The first-order valence-corrected chi connectivity index (χ1v) is 3.17. The maximum atomic E-state index is 5.58. The second kappa shape index (κ2) is 3.05. The van der Waals surface area contributed by atoms with E-state index < -0.39 is 0 Å². The molecule has 0 saturated heterocycles. The minimum Gasteiger partial charge on any atom is -0.390 e. The van der Waals surface area contributed by atoms with Crippen LogP contribution in [0.15, 0.2) is 12.3 Å². The predicted molar refractivity (Wildman–Crippen MR) is 39.1 cm³/mol. The zero-order valence-corrected chi connectivity index (χ0v) is 6.36. The van der Waals surface area contributed by atoms with Crippen LogP contribution in [0.5, 0.6) is 5.88 Å². The van der Waals surface area contributed by atoms with Gasteiger partial charge in [0, 0.05) is 6.20 Å². The Morgan fingerprint density at radius 2 is 2.20 bits per heavy atom. The number of aromatic nitrogens is 1. The van der Waals surface area contributed by atoms with Gasteiger partial charge < -0.3 is 4.84 Å². The molecule has 0 aliphatic rings. The quantitative estimate of drug-likeness (QED) is 0.666. The Balaban J connectivity index is 3.07. The Labute approximate surface area is 67.7 Å². The van der Waals surface area contributed by atoms with Gasteiger partial charge in [-0.1, -0.05) is 23.2 Å². The summed E-state index contributed by atoms with van der Waals surface area (Å²) in [5, 5.41) is 0.751. The molecule has 0 radical (unpaired) electrons. The molecule has 0 fully saturated rings. The average Bonchev–Trinajstić information content (AvgIpc) is 1.88. The predicted octanol–water partition coefficient (Wildman–Crippen LogP) is 1.64. The minimum atomic E-state index is 0.172. The maximum Gasteiger partial charge on any atom is 0.256 e. The summed E-state index contributed by atoms with van der Waals surface area (Å²) in [7, 11) is 0. The Bertz CT molecular complexity index is 241. The highest BCUT2D eigenvalue weighted by atomic mass is 35.5. The monoisotopic (exact) mass is 178 g/mol. The van der Waals surface area contributed by atoms with E-state index >= 15 is 0 Å². The standard InChI is InChI=1S/C5H4Cl2N2O/c6-3-1-4(7)5(10-8)9-2-3/h1-2H,8H2. The largest absolute Gasteiger partial charge is 0.390 e. The third kappa shape index (κ3) is 1.50. The fraction of sp³-hybridized carbons (Fsp3) is 0. The molecule has 0 amide bonds. The molecule has 0 bridgehead atoms. The van der Waals surface area contributed by atoms with E-state index in [1.807, 2.05) is 0 Å². The first-order valence-electron chi connectivity index (χ1n) is 2.42. The Morgan fingerprint density at radius 1 is 1.50 bits per heavy atom.